The molecule has 0 spiro atoms. The van der Waals surface area contributed by atoms with E-state index in [1.54, 1.807) is 0 Å². The maximum atomic E-state index is 13.6. The van der Waals surface area contributed by atoms with E-state index < -0.39 is 45.7 Å². The molecule has 0 aromatic heterocycles. The minimum Gasteiger partial charge on any atom is -0.457 e. The van der Waals surface area contributed by atoms with Gasteiger partial charge in [-0.05, 0) is 102 Å². The number of nitrogens with zero attached hydrogens (tertiary/aromatic N) is 1. The number of amides is 8. The molecule has 0 bridgehead atoms. The Kier molecular flexibility index (Phi) is 37.8. The highest BCUT2D eigenvalue weighted by Crippen LogP contribution is 2.33. The fourth-order valence-corrected chi connectivity index (χ4v) is 9.07. The topological polar surface area (TPSA) is 358 Å². The molecule has 2 saturated carbocycles. The van der Waals surface area contributed by atoms with Crippen LogP contribution in [0.25, 0.3) is 0 Å². The lowest BCUT2D eigenvalue weighted by molar-refractivity contribution is -0.384. The minimum atomic E-state index is -1.12. The van der Waals surface area contributed by atoms with Crippen molar-refractivity contribution >= 4 is 76.1 Å². The zero-order valence-electron chi connectivity index (χ0n) is 48.9. The van der Waals surface area contributed by atoms with Crippen molar-refractivity contribution in [3.63, 3.8) is 0 Å². The second kappa shape index (κ2) is 43.4. The van der Waals surface area contributed by atoms with E-state index in [0.717, 1.165) is 0 Å². The first kappa shape index (κ1) is 75.7. The lowest BCUT2D eigenvalue weighted by atomic mass is 9.81. The van der Waals surface area contributed by atoms with Gasteiger partial charge in [-0.15, -0.1) is 38.5 Å². The number of ether oxygens (including phenoxy) is 3. The van der Waals surface area contributed by atoms with Gasteiger partial charge in [0.25, 0.3) is 5.69 Å². The molecule has 0 unspecified atom stereocenters. The minimum absolute atomic E-state index is 0.0217. The van der Waals surface area contributed by atoms with Crippen LogP contribution >= 0.6 is 11.6 Å². The maximum Gasteiger partial charge on any atom is 0.514 e. The number of carbonyl (C=O) groups is 10. The number of terminal acetylenes is 6. The van der Waals surface area contributed by atoms with Crippen molar-refractivity contribution in [1.82, 2.24) is 42.5 Å². The van der Waals surface area contributed by atoms with Crippen molar-refractivity contribution in [2.45, 2.75) is 152 Å². The first-order chi connectivity index (χ1) is 41.5. The van der Waals surface area contributed by atoms with E-state index in [2.05, 4.69) is 94.4 Å². The van der Waals surface area contributed by atoms with E-state index in [0.29, 0.717) is 51.4 Å². The number of aliphatic hydroxyl groups is 1. The molecule has 0 saturated heterocycles. The number of carbonyl (C=O) groups excluding carboxylic acids is 10. The molecule has 0 aliphatic heterocycles. The number of hydrogen-bond donors (Lipinski definition) is 9. The summed E-state index contributed by atoms with van der Waals surface area (Å²) in [6.45, 7) is 0.290. The zero-order chi connectivity index (χ0) is 65.0. The Bertz CT molecular complexity index is 2570. The molecule has 2 aliphatic rings. The standard InChI is InChI=1S/C33H39N5O9.C26H36N4O5.C2H3ClO2/c1-4-21-34-28(39)15-18-33(19-16-29(40)35-22-5-2,20-17-30(41)36-23-6-3)37-31(42)24-7-11-26(12-8-24)46-32(43)47-27-13-9-25(10-14-27)38(44)45;1-4-17-27-22(32)11-14-26(15-12-23(33)28-18-5-2,16-13-24(34)29-19-6-3)30-25(35)20-7-9-21(31)10-8-20;1-5-2(3)4/h1-3,9-10,13-14,24,26H,7-8,11-12,15-23H2,(H,34,39)(H,35,40)(H,36,41)(H,37,42);1-3,20-21,31H,7-19H2,(H,27,32)(H,28,33)(H,29,34)(H,30,35);1H3. The smallest absolute Gasteiger partial charge is 0.457 e. The fraction of sp³-hybridized carbons (Fsp3) is 0.541. The molecule has 0 radical (unpaired) electrons. The second-order valence-corrected chi connectivity index (χ2v) is 20.4. The maximum absolute atomic E-state index is 13.6. The molecule has 2 fully saturated rings. The summed E-state index contributed by atoms with van der Waals surface area (Å²) in [5.41, 5.74) is -3.04. The van der Waals surface area contributed by atoms with Crippen molar-refractivity contribution in [3.05, 3.63) is 34.4 Å². The predicted octanol–water partition coefficient (Wildman–Crippen LogP) is 3.09. The molecular weight excluding hydrogens is 1150 g/mol. The van der Waals surface area contributed by atoms with Gasteiger partial charge in [0.15, 0.2) is 0 Å². The van der Waals surface area contributed by atoms with E-state index in [1.165, 1.54) is 31.4 Å². The summed E-state index contributed by atoms with van der Waals surface area (Å²) in [7, 11) is 1.22. The molecule has 0 heterocycles. The molecule has 2 aliphatic carbocycles. The number of nitro groups is 1. The summed E-state index contributed by atoms with van der Waals surface area (Å²) in [5, 5.41) is 42.2. The first-order valence-electron chi connectivity index (χ1n) is 27.9. The van der Waals surface area contributed by atoms with Crippen LogP contribution in [0.2, 0.25) is 0 Å². The van der Waals surface area contributed by atoms with Crippen LogP contribution < -0.4 is 47.3 Å². The molecular formula is C61H78ClN9O16. The van der Waals surface area contributed by atoms with Gasteiger partial charge in [-0.25, -0.2) is 9.59 Å². The fourth-order valence-electron chi connectivity index (χ4n) is 9.07. The van der Waals surface area contributed by atoms with Gasteiger partial charge < -0.3 is 61.9 Å². The van der Waals surface area contributed by atoms with Crippen LogP contribution in [0, 0.1) is 96.0 Å². The van der Waals surface area contributed by atoms with Gasteiger partial charge in [0, 0.05) is 85.2 Å². The zero-order valence-corrected chi connectivity index (χ0v) is 49.6. The third-order valence-corrected chi connectivity index (χ3v) is 14.0. The van der Waals surface area contributed by atoms with E-state index in [1.807, 2.05) is 0 Å². The number of hydrogen-bond acceptors (Lipinski definition) is 16. The Morgan fingerprint density at radius 2 is 0.805 bits per heavy atom. The van der Waals surface area contributed by atoms with Crippen LogP contribution in [0.5, 0.6) is 5.75 Å². The third-order valence-electron chi connectivity index (χ3n) is 13.9. The van der Waals surface area contributed by atoms with Crippen molar-refractivity contribution in [2.75, 3.05) is 46.4 Å². The van der Waals surface area contributed by atoms with Crippen molar-refractivity contribution < 1.29 is 72.2 Å². The average Bonchev–Trinajstić information content (AvgIpc) is 3.66. The number of aliphatic hydroxyl groups excluding tert-OH is 1. The summed E-state index contributed by atoms with van der Waals surface area (Å²) in [6.07, 6.45) is 34.0. The second-order valence-electron chi connectivity index (χ2n) is 20.1. The molecule has 3 rings (SSSR count). The monoisotopic (exact) mass is 1230 g/mol. The van der Waals surface area contributed by atoms with Crippen LogP contribution in [-0.2, 0) is 47.8 Å². The highest BCUT2D eigenvalue weighted by molar-refractivity contribution is 6.61. The number of non-ortho nitro benzene ring substituents is 1. The van der Waals surface area contributed by atoms with E-state index >= 15 is 0 Å². The van der Waals surface area contributed by atoms with Gasteiger partial charge in [0.05, 0.1) is 57.4 Å². The summed E-state index contributed by atoms with van der Waals surface area (Å²) >= 11 is 4.60. The van der Waals surface area contributed by atoms with Gasteiger partial charge in [-0.2, -0.15) is 0 Å². The summed E-state index contributed by atoms with van der Waals surface area (Å²) < 4.78 is 14.4. The molecule has 1 aromatic rings. The van der Waals surface area contributed by atoms with E-state index in [-0.39, 0.29) is 181 Å². The summed E-state index contributed by atoms with van der Waals surface area (Å²) in [5.74, 6) is 10.8. The van der Waals surface area contributed by atoms with E-state index in [9.17, 15) is 63.2 Å². The summed E-state index contributed by atoms with van der Waals surface area (Å²) in [4.78, 5) is 133. The molecule has 0 atom stereocenters. The van der Waals surface area contributed by atoms with Crippen LogP contribution in [0.4, 0.5) is 15.3 Å². The lowest BCUT2D eigenvalue weighted by Gasteiger charge is -2.37. The Morgan fingerprint density at radius 1 is 0.529 bits per heavy atom. The molecule has 8 amide bonds. The van der Waals surface area contributed by atoms with Crippen LogP contribution in [0.1, 0.15) is 128 Å². The quantitative estimate of drug-likeness (QED) is 0.0129. The molecule has 26 heteroatoms. The van der Waals surface area contributed by atoms with Crippen LogP contribution in [0.15, 0.2) is 24.3 Å². The number of nitrogens with one attached hydrogen (secondary N) is 8. The Balaban J connectivity index is 0.000000836. The molecule has 87 heavy (non-hydrogen) atoms. The Morgan fingerprint density at radius 3 is 1.06 bits per heavy atom. The molecule has 470 valence electrons. The Hall–Kier alpha value is -9.27. The van der Waals surface area contributed by atoms with Crippen LogP contribution in [-0.4, -0.2) is 139 Å². The van der Waals surface area contributed by atoms with Gasteiger partial charge in [0.2, 0.25) is 47.3 Å². The molecule has 1 aromatic carbocycles. The molecule has 25 nitrogen and oxygen atoms in total. The van der Waals surface area contributed by atoms with Crippen molar-refractivity contribution in [2.24, 2.45) is 11.8 Å². The first-order valence-corrected chi connectivity index (χ1v) is 28.3. The highest BCUT2D eigenvalue weighted by atomic mass is 35.5. The normalized spacial score (nSPS) is 15.6. The largest absolute Gasteiger partial charge is 0.514 e. The van der Waals surface area contributed by atoms with Crippen molar-refractivity contribution in [3.8, 4) is 79.8 Å². The van der Waals surface area contributed by atoms with Crippen molar-refractivity contribution in [1.29, 1.82) is 0 Å². The van der Waals surface area contributed by atoms with Crippen LogP contribution in [0.3, 0.4) is 0 Å². The number of nitro benzene ring substituents is 1. The number of methoxy groups -OCH3 is 1. The van der Waals surface area contributed by atoms with Gasteiger partial charge in [-0.3, -0.25) is 48.5 Å². The summed E-state index contributed by atoms with van der Waals surface area (Å²) in [6, 6.07) is 4.96. The third kappa shape index (κ3) is 33.7. The SMILES string of the molecule is C#CCNC(=O)CCC(CCC(=O)NCC#C)(CCC(=O)NCC#C)NC(=O)C1CCC(O)CC1.C#CCNC(=O)CCC(CCC(=O)NCC#C)(CCC(=O)NCC#C)NC(=O)C1CCC(OC(=O)Oc2ccc([N+](=O)[O-])cc2)CC1.COC(=O)Cl. The average molecular weight is 1230 g/mol. The number of rotatable bonds is 31. The highest BCUT2D eigenvalue weighted by Gasteiger charge is 2.39. The van der Waals surface area contributed by atoms with Gasteiger partial charge in [0.1, 0.15) is 11.9 Å². The number of halogens is 1. The predicted molar refractivity (Wildman–Crippen MR) is 320 cm³/mol. The van der Waals surface area contributed by atoms with Gasteiger partial charge in [-0.1, -0.05) is 35.5 Å². The number of benzene rings is 1. The Labute approximate surface area is 513 Å². The lowest BCUT2D eigenvalue weighted by Crippen LogP contribution is -2.52. The van der Waals surface area contributed by atoms with E-state index in [4.69, 9.17) is 48.0 Å². The van der Waals surface area contributed by atoms with Gasteiger partial charge >= 0.3 is 11.6 Å². The molecule has 9 N–H and O–H groups in total.